The van der Waals surface area contributed by atoms with Gasteiger partial charge in [0.15, 0.2) is 0 Å². The van der Waals surface area contributed by atoms with Crippen LogP contribution < -0.4 is 0 Å². The topological polar surface area (TPSA) is 29.5 Å². The smallest absolute Gasteiger partial charge is 0.316 e. The van der Waals surface area contributed by atoms with E-state index in [9.17, 15) is 4.79 Å². The van der Waals surface area contributed by atoms with Crippen molar-refractivity contribution in [2.24, 2.45) is 5.92 Å². The Balaban J connectivity index is 1.56. The summed E-state index contributed by atoms with van der Waals surface area (Å²) in [7, 11) is 0. The first-order valence-corrected chi connectivity index (χ1v) is 9.27. The maximum Gasteiger partial charge on any atom is 0.316 e. The maximum atomic E-state index is 13.2. The molecule has 3 heterocycles. The molecule has 0 aromatic heterocycles. The second-order valence-electron chi connectivity index (χ2n) is 7.59. The Morgan fingerprint density at radius 2 is 1.74 bits per heavy atom. The lowest BCUT2D eigenvalue weighted by atomic mass is 9.69. The van der Waals surface area contributed by atoms with Gasteiger partial charge in [0, 0.05) is 6.54 Å². The van der Waals surface area contributed by atoms with E-state index in [4.69, 9.17) is 4.74 Å². The zero-order chi connectivity index (χ0) is 15.7. The molecular formula is C20H27NO2. The van der Waals surface area contributed by atoms with Crippen LogP contribution in [0.2, 0.25) is 0 Å². The number of ether oxygens (including phenoxy) is 1. The molecule has 3 aliphatic heterocycles. The Morgan fingerprint density at radius 3 is 2.35 bits per heavy atom. The van der Waals surface area contributed by atoms with Crippen molar-refractivity contribution < 1.29 is 9.53 Å². The Bertz CT molecular complexity index is 542. The van der Waals surface area contributed by atoms with Crippen LogP contribution >= 0.6 is 0 Å². The molecule has 23 heavy (non-hydrogen) atoms. The summed E-state index contributed by atoms with van der Waals surface area (Å²) in [4.78, 5) is 15.7. The first-order chi connectivity index (χ1) is 11.3. The van der Waals surface area contributed by atoms with Gasteiger partial charge in [-0.1, -0.05) is 49.6 Å². The molecule has 2 bridgehead atoms. The predicted molar refractivity (Wildman–Crippen MR) is 90.2 cm³/mol. The Morgan fingerprint density at radius 1 is 1.04 bits per heavy atom. The van der Waals surface area contributed by atoms with Crippen LogP contribution in [0.3, 0.4) is 0 Å². The highest BCUT2D eigenvalue weighted by molar-refractivity contribution is 5.83. The summed E-state index contributed by atoms with van der Waals surface area (Å²) < 4.78 is 6.14. The molecule has 0 N–H and O–H groups in total. The van der Waals surface area contributed by atoms with Crippen molar-refractivity contribution in [2.75, 3.05) is 19.6 Å². The first-order valence-electron chi connectivity index (χ1n) is 9.27. The van der Waals surface area contributed by atoms with Gasteiger partial charge < -0.3 is 4.74 Å². The summed E-state index contributed by atoms with van der Waals surface area (Å²) in [6, 6.07) is 10.4. The molecule has 1 unspecified atom stereocenters. The normalized spacial score (nSPS) is 32.4. The van der Waals surface area contributed by atoms with E-state index in [0.29, 0.717) is 5.92 Å². The van der Waals surface area contributed by atoms with Crippen molar-refractivity contribution in [1.82, 2.24) is 4.90 Å². The fourth-order valence-corrected chi connectivity index (χ4v) is 4.82. The van der Waals surface area contributed by atoms with Crippen LogP contribution in [0.15, 0.2) is 30.3 Å². The first kappa shape index (κ1) is 15.2. The molecule has 3 heteroatoms. The summed E-state index contributed by atoms with van der Waals surface area (Å²) >= 11 is 0. The van der Waals surface area contributed by atoms with Gasteiger partial charge in [-0.2, -0.15) is 0 Å². The average molecular weight is 313 g/mol. The quantitative estimate of drug-likeness (QED) is 0.800. The Labute approximate surface area is 139 Å². The number of nitrogens with zero attached hydrogens (tertiary/aromatic N) is 1. The van der Waals surface area contributed by atoms with Gasteiger partial charge in [0.25, 0.3) is 0 Å². The van der Waals surface area contributed by atoms with Crippen molar-refractivity contribution in [3.8, 4) is 0 Å². The van der Waals surface area contributed by atoms with Gasteiger partial charge in [0.05, 0.1) is 5.41 Å². The highest BCUT2D eigenvalue weighted by atomic mass is 16.5. The van der Waals surface area contributed by atoms with Crippen molar-refractivity contribution in [1.29, 1.82) is 0 Å². The van der Waals surface area contributed by atoms with Gasteiger partial charge in [-0.05, 0) is 50.3 Å². The summed E-state index contributed by atoms with van der Waals surface area (Å²) in [6.07, 6.45) is 7.88. The second kappa shape index (κ2) is 6.27. The third kappa shape index (κ3) is 2.80. The lowest BCUT2D eigenvalue weighted by Crippen LogP contribution is -2.53. The van der Waals surface area contributed by atoms with Crippen LogP contribution in [0, 0.1) is 5.92 Å². The van der Waals surface area contributed by atoms with Gasteiger partial charge >= 0.3 is 5.97 Å². The predicted octanol–water partition coefficient (Wildman–Crippen LogP) is 3.53. The maximum absolute atomic E-state index is 13.2. The molecule has 1 aliphatic carbocycles. The van der Waals surface area contributed by atoms with E-state index in [1.807, 2.05) is 18.2 Å². The number of rotatable bonds is 3. The standard InChI is InChI=1S/C20H27NO2/c22-19(23-18-15-21-13-9-16(18)10-14-21)20(11-5-2-6-12-20)17-7-3-1-4-8-17/h1,3-4,7-8,16,18H,2,5-6,9-15H2. The Kier molecular flexibility index (Phi) is 4.14. The third-order valence-electron chi connectivity index (χ3n) is 6.28. The molecule has 1 aromatic rings. The van der Waals surface area contributed by atoms with Crippen LogP contribution in [0.25, 0.3) is 0 Å². The monoisotopic (exact) mass is 313 g/mol. The summed E-state index contributed by atoms with van der Waals surface area (Å²) in [5, 5.41) is 0. The van der Waals surface area contributed by atoms with Gasteiger partial charge in [-0.3, -0.25) is 9.69 Å². The van der Waals surface area contributed by atoms with E-state index in [1.165, 1.54) is 32.4 Å². The molecule has 5 rings (SSSR count). The molecule has 1 saturated carbocycles. The molecule has 4 aliphatic rings. The van der Waals surface area contributed by atoms with E-state index in [1.54, 1.807) is 0 Å². The largest absolute Gasteiger partial charge is 0.460 e. The molecule has 3 saturated heterocycles. The molecular weight excluding hydrogens is 286 g/mol. The lowest BCUT2D eigenvalue weighted by Gasteiger charge is -2.45. The minimum absolute atomic E-state index is 0.0437. The second-order valence-corrected chi connectivity index (χ2v) is 7.59. The fraction of sp³-hybridized carbons (Fsp3) is 0.650. The minimum atomic E-state index is -0.397. The highest BCUT2D eigenvalue weighted by Gasteiger charge is 2.45. The van der Waals surface area contributed by atoms with E-state index in [2.05, 4.69) is 17.0 Å². The minimum Gasteiger partial charge on any atom is -0.460 e. The molecule has 1 aromatic carbocycles. The summed E-state index contributed by atoms with van der Waals surface area (Å²) in [5.74, 6) is 0.627. The highest BCUT2D eigenvalue weighted by Crippen LogP contribution is 2.42. The summed E-state index contributed by atoms with van der Waals surface area (Å²) in [6.45, 7) is 3.31. The number of carbonyl (C=O) groups is 1. The van der Waals surface area contributed by atoms with Crippen LogP contribution in [0.4, 0.5) is 0 Å². The van der Waals surface area contributed by atoms with E-state index in [0.717, 1.165) is 37.8 Å². The van der Waals surface area contributed by atoms with Crippen LogP contribution in [0.5, 0.6) is 0 Å². The molecule has 4 fully saturated rings. The number of hydrogen-bond acceptors (Lipinski definition) is 3. The van der Waals surface area contributed by atoms with Gasteiger partial charge in [0.1, 0.15) is 6.10 Å². The van der Waals surface area contributed by atoms with E-state index >= 15 is 0 Å². The number of esters is 1. The van der Waals surface area contributed by atoms with Gasteiger partial charge in [-0.25, -0.2) is 0 Å². The van der Waals surface area contributed by atoms with Crippen molar-refractivity contribution in [3.05, 3.63) is 35.9 Å². The Hall–Kier alpha value is -1.35. The number of carbonyl (C=O) groups excluding carboxylic acids is 1. The molecule has 3 nitrogen and oxygen atoms in total. The molecule has 1 atom stereocenters. The number of piperidine rings is 3. The number of fused-ring (bicyclic) bond motifs is 3. The van der Waals surface area contributed by atoms with E-state index in [-0.39, 0.29) is 12.1 Å². The SMILES string of the molecule is O=C(OC1CN2CCC1CC2)C1(c2ccccc2)CCCCC1. The van der Waals surface area contributed by atoms with Crippen LogP contribution in [-0.4, -0.2) is 36.6 Å². The van der Waals surface area contributed by atoms with Crippen molar-refractivity contribution >= 4 is 5.97 Å². The van der Waals surface area contributed by atoms with E-state index < -0.39 is 5.41 Å². The molecule has 0 spiro atoms. The lowest BCUT2D eigenvalue weighted by molar-refractivity contribution is -0.167. The van der Waals surface area contributed by atoms with Gasteiger partial charge in [0.2, 0.25) is 0 Å². The van der Waals surface area contributed by atoms with Crippen LogP contribution in [-0.2, 0) is 14.9 Å². The van der Waals surface area contributed by atoms with Crippen molar-refractivity contribution in [3.63, 3.8) is 0 Å². The zero-order valence-electron chi connectivity index (χ0n) is 13.9. The molecule has 0 amide bonds. The number of hydrogen-bond donors (Lipinski definition) is 0. The molecule has 124 valence electrons. The third-order valence-corrected chi connectivity index (χ3v) is 6.28. The zero-order valence-corrected chi connectivity index (χ0v) is 13.9. The summed E-state index contributed by atoms with van der Waals surface area (Å²) in [5.41, 5.74) is 0.761. The number of benzene rings is 1. The van der Waals surface area contributed by atoms with Crippen molar-refractivity contribution in [2.45, 2.75) is 56.5 Å². The van der Waals surface area contributed by atoms with Gasteiger partial charge in [-0.15, -0.1) is 0 Å². The average Bonchev–Trinajstić information content (AvgIpc) is 2.64. The fourth-order valence-electron chi connectivity index (χ4n) is 4.82. The van der Waals surface area contributed by atoms with Crippen LogP contribution in [0.1, 0.15) is 50.5 Å². The molecule has 0 radical (unpaired) electrons.